The lowest BCUT2D eigenvalue weighted by atomic mass is 10.1. The lowest BCUT2D eigenvalue weighted by Gasteiger charge is -2.16. The number of nitrogens with one attached hydrogen (secondary N) is 2. The number of nitrogens with zero attached hydrogens (tertiary/aromatic N) is 2. The minimum absolute atomic E-state index is 0.172. The number of hydrogen-bond acceptors (Lipinski definition) is 6. The van der Waals surface area contributed by atoms with Crippen LogP contribution in [0.25, 0.3) is 0 Å². The fourth-order valence-electron chi connectivity index (χ4n) is 3.14. The maximum Gasteiger partial charge on any atom is 0.252 e. The summed E-state index contributed by atoms with van der Waals surface area (Å²) in [5, 5.41) is 15.1. The van der Waals surface area contributed by atoms with Crippen LogP contribution in [0, 0.1) is 0 Å². The maximum absolute atomic E-state index is 13.2. The van der Waals surface area contributed by atoms with Gasteiger partial charge in [-0.1, -0.05) is 83.6 Å². The van der Waals surface area contributed by atoms with Gasteiger partial charge < -0.3 is 5.32 Å². The van der Waals surface area contributed by atoms with E-state index >= 15 is 0 Å². The van der Waals surface area contributed by atoms with E-state index in [9.17, 15) is 9.59 Å². The molecule has 0 saturated heterocycles. The Balaban J connectivity index is 1.36. The van der Waals surface area contributed by atoms with E-state index in [4.69, 9.17) is 11.6 Å². The second kappa shape index (κ2) is 11.8. The summed E-state index contributed by atoms with van der Waals surface area (Å²) in [4.78, 5) is 26.4. The number of rotatable bonds is 9. The molecule has 1 heterocycles. The molecule has 34 heavy (non-hydrogen) atoms. The first-order valence-corrected chi connectivity index (χ1v) is 12.6. The molecule has 0 fully saturated rings. The second-order valence-electron chi connectivity index (χ2n) is 7.20. The number of hydrogen-bond donors (Lipinski definition) is 2. The maximum atomic E-state index is 13.2. The summed E-state index contributed by atoms with van der Waals surface area (Å²) in [5.41, 5.74) is 1.33. The molecule has 172 valence electrons. The highest BCUT2D eigenvalue weighted by molar-refractivity contribution is 8.00. The number of carbonyl (C=O) groups is 2. The van der Waals surface area contributed by atoms with Gasteiger partial charge in [-0.3, -0.25) is 14.9 Å². The number of aromatic nitrogens is 2. The first-order chi connectivity index (χ1) is 16.6. The molecular formula is C25H21ClN4O2S2. The van der Waals surface area contributed by atoms with Gasteiger partial charge in [-0.2, -0.15) is 0 Å². The number of amides is 2. The number of anilines is 1. The average Bonchev–Trinajstić information content (AvgIpc) is 3.31. The Labute approximate surface area is 210 Å². The van der Waals surface area contributed by atoms with Crippen molar-refractivity contribution in [3.8, 4) is 0 Å². The standard InChI is InChI=1S/C25H21ClN4O2S2/c26-20-14-8-7-13-19(20)23(31)27-16-15-21-29-30-25(34-21)28-24(32)22(17-9-3-1-4-10-17)33-18-11-5-2-6-12-18/h1-14,22H,15-16H2,(H,27,31)(H,28,30,32). The van der Waals surface area contributed by atoms with Crippen molar-refractivity contribution in [3.63, 3.8) is 0 Å². The van der Waals surface area contributed by atoms with Crippen molar-refractivity contribution in [2.45, 2.75) is 16.6 Å². The van der Waals surface area contributed by atoms with E-state index in [0.29, 0.717) is 33.7 Å². The average molecular weight is 509 g/mol. The van der Waals surface area contributed by atoms with Crippen molar-refractivity contribution < 1.29 is 9.59 Å². The van der Waals surface area contributed by atoms with Gasteiger partial charge in [0.25, 0.3) is 5.91 Å². The van der Waals surface area contributed by atoms with E-state index < -0.39 is 5.25 Å². The molecule has 0 spiro atoms. The first kappa shape index (κ1) is 23.9. The van der Waals surface area contributed by atoms with Gasteiger partial charge in [0.15, 0.2) is 0 Å². The number of benzene rings is 3. The highest BCUT2D eigenvalue weighted by Gasteiger charge is 2.23. The highest BCUT2D eigenvalue weighted by Crippen LogP contribution is 2.36. The predicted octanol–water partition coefficient (Wildman–Crippen LogP) is 5.64. The molecule has 6 nitrogen and oxygen atoms in total. The van der Waals surface area contributed by atoms with Crippen LogP contribution in [0.15, 0.2) is 89.8 Å². The number of thioether (sulfide) groups is 1. The zero-order valence-electron chi connectivity index (χ0n) is 18.0. The third-order valence-corrected chi connectivity index (χ3v) is 7.27. The van der Waals surface area contributed by atoms with Gasteiger partial charge in [-0.25, -0.2) is 0 Å². The molecule has 4 rings (SSSR count). The van der Waals surface area contributed by atoms with E-state index in [-0.39, 0.29) is 11.8 Å². The van der Waals surface area contributed by atoms with Gasteiger partial charge in [-0.15, -0.1) is 22.0 Å². The summed E-state index contributed by atoms with van der Waals surface area (Å²) in [6.07, 6.45) is 0.491. The molecule has 0 bridgehead atoms. The van der Waals surface area contributed by atoms with Crippen molar-refractivity contribution in [1.82, 2.24) is 15.5 Å². The molecular weight excluding hydrogens is 488 g/mol. The molecule has 0 radical (unpaired) electrons. The SMILES string of the molecule is O=C(NCCc1nnc(NC(=O)C(Sc2ccccc2)c2ccccc2)s1)c1ccccc1Cl. The summed E-state index contributed by atoms with van der Waals surface area (Å²) < 4.78 is 0. The van der Waals surface area contributed by atoms with Crippen LogP contribution < -0.4 is 10.6 Å². The summed E-state index contributed by atoms with van der Waals surface area (Å²) in [5.74, 6) is -0.415. The van der Waals surface area contributed by atoms with E-state index in [1.54, 1.807) is 24.3 Å². The quantitative estimate of drug-likeness (QED) is 0.286. The summed E-state index contributed by atoms with van der Waals surface area (Å²) in [6.45, 7) is 0.378. The summed E-state index contributed by atoms with van der Waals surface area (Å²) in [7, 11) is 0. The zero-order valence-corrected chi connectivity index (χ0v) is 20.4. The fraction of sp³-hybridized carbons (Fsp3) is 0.120. The molecule has 0 aliphatic rings. The largest absolute Gasteiger partial charge is 0.352 e. The van der Waals surface area contributed by atoms with Gasteiger partial charge in [0.1, 0.15) is 10.3 Å². The van der Waals surface area contributed by atoms with Crippen LogP contribution in [-0.2, 0) is 11.2 Å². The monoisotopic (exact) mass is 508 g/mol. The van der Waals surface area contributed by atoms with Crippen LogP contribution in [0.3, 0.4) is 0 Å². The van der Waals surface area contributed by atoms with Crippen LogP contribution in [0.2, 0.25) is 5.02 Å². The topological polar surface area (TPSA) is 84.0 Å². The zero-order chi connectivity index (χ0) is 23.8. The number of halogens is 1. The summed E-state index contributed by atoms with van der Waals surface area (Å²) in [6, 6.07) is 26.3. The molecule has 1 aromatic heterocycles. The van der Waals surface area contributed by atoms with E-state index in [1.165, 1.54) is 23.1 Å². The molecule has 0 aliphatic heterocycles. The van der Waals surface area contributed by atoms with Crippen molar-refractivity contribution in [2.75, 3.05) is 11.9 Å². The van der Waals surface area contributed by atoms with Crippen molar-refractivity contribution in [2.24, 2.45) is 0 Å². The Morgan fingerprint density at radius 1 is 0.912 bits per heavy atom. The third kappa shape index (κ3) is 6.44. The second-order valence-corrected chi connectivity index (χ2v) is 9.85. The van der Waals surface area contributed by atoms with Crippen LogP contribution in [0.1, 0.15) is 26.2 Å². The van der Waals surface area contributed by atoms with Crippen molar-refractivity contribution in [3.05, 3.63) is 106 Å². The van der Waals surface area contributed by atoms with Gasteiger partial charge in [-0.05, 0) is 29.8 Å². The smallest absolute Gasteiger partial charge is 0.252 e. The Morgan fingerprint density at radius 3 is 2.32 bits per heavy atom. The molecule has 0 aliphatic carbocycles. The minimum atomic E-state index is -0.439. The van der Waals surface area contributed by atoms with E-state index in [0.717, 1.165) is 10.5 Å². The molecule has 3 aromatic carbocycles. The molecule has 9 heteroatoms. The van der Waals surface area contributed by atoms with E-state index in [1.807, 2.05) is 60.7 Å². The van der Waals surface area contributed by atoms with Crippen LogP contribution in [0.4, 0.5) is 5.13 Å². The molecule has 1 unspecified atom stereocenters. The first-order valence-electron chi connectivity index (χ1n) is 10.5. The predicted molar refractivity (Wildman–Crippen MR) is 138 cm³/mol. The lowest BCUT2D eigenvalue weighted by Crippen LogP contribution is -2.25. The molecule has 4 aromatic rings. The minimum Gasteiger partial charge on any atom is -0.352 e. The third-order valence-electron chi connectivity index (χ3n) is 4.78. The number of carbonyl (C=O) groups excluding carboxylic acids is 2. The van der Waals surface area contributed by atoms with E-state index in [2.05, 4.69) is 20.8 Å². The lowest BCUT2D eigenvalue weighted by molar-refractivity contribution is -0.115. The molecule has 2 N–H and O–H groups in total. The van der Waals surface area contributed by atoms with Crippen LogP contribution >= 0.6 is 34.7 Å². The highest BCUT2D eigenvalue weighted by atomic mass is 35.5. The van der Waals surface area contributed by atoms with Crippen molar-refractivity contribution >= 4 is 51.6 Å². The molecule has 2 amide bonds. The van der Waals surface area contributed by atoms with Gasteiger partial charge in [0.05, 0.1) is 10.6 Å². The Bertz CT molecular complexity index is 1250. The van der Waals surface area contributed by atoms with Gasteiger partial charge in [0.2, 0.25) is 11.0 Å². The normalized spacial score (nSPS) is 11.6. The summed E-state index contributed by atoms with van der Waals surface area (Å²) >= 11 is 8.83. The van der Waals surface area contributed by atoms with Crippen molar-refractivity contribution in [1.29, 1.82) is 0 Å². The fourth-order valence-corrected chi connectivity index (χ4v) is 5.14. The van der Waals surface area contributed by atoms with Gasteiger partial charge >= 0.3 is 0 Å². The Hall–Kier alpha value is -3.20. The molecule has 1 atom stereocenters. The van der Waals surface area contributed by atoms with Gasteiger partial charge in [0, 0.05) is 17.9 Å². The Morgan fingerprint density at radius 2 is 1.59 bits per heavy atom. The van der Waals surface area contributed by atoms with Crippen LogP contribution in [0.5, 0.6) is 0 Å². The Kier molecular flexibility index (Phi) is 8.30. The van der Waals surface area contributed by atoms with Crippen LogP contribution in [-0.4, -0.2) is 28.6 Å². The molecule has 0 saturated carbocycles.